The summed E-state index contributed by atoms with van der Waals surface area (Å²) in [6.07, 6.45) is 0. The van der Waals surface area contributed by atoms with Crippen LogP contribution in [0, 0.1) is 0 Å². The Morgan fingerprint density at radius 2 is 1.88 bits per heavy atom. The Bertz CT molecular complexity index is 763. The third-order valence-corrected chi connectivity index (χ3v) is 5.19. The van der Waals surface area contributed by atoms with Gasteiger partial charge in [-0.1, -0.05) is 24.0 Å². The molecule has 0 aliphatic carbocycles. The summed E-state index contributed by atoms with van der Waals surface area (Å²) in [5, 5.41) is 12.2. The van der Waals surface area contributed by atoms with E-state index in [1.165, 1.54) is 11.8 Å². The largest absolute Gasteiger partial charge is 0.508 e. The molecule has 1 saturated heterocycles. The van der Waals surface area contributed by atoms with E-state index in [9.17, 15) is 9.90 Å². The average Bonchev–Trinajstić information content (AvgIpc) is 2.89. The van der Waals surface area contributed by atoms with E-state index in [0.717, 1.165) is 17.1 Å². The number of ether oxygens (including phenoxy) is 1. The van der Waals surface area contributed by atoms with Crippen molar-refractivity contribution in [1.29, 1.82) is 0 Å². The predicted molar refractivity (Wildman–Crippen MR) is 106 cm³/mol. The first kappa shape index (κ1) is 17.6. The second kappa shape index (κ2) is 7.76. The first-order valence-electron chi connectivity index (χ1n) is 7.89. The van der Waals surface area contributed by atoms with E-state index >= 15 is 0 Å². The van der Waals surface area contributed by atoms with Gasteiger partial charge in [0.1, 0.15) is 21.1 Å². The van der Waals surface area contributed by atoms with Crippen LogP contribution in [-0.4, -0.2) is 33.7 Å². The van der Waals surface area contributed by atoms with Crippen molar-refractivity contribution in [2.75, 3.05) is 23.4 Å². The highest BCUT2D eigenvalue weighted by Crippen LogP contribution is 2.33. The van der Waals surface area contributed by atoms with Gasteiger partial charge in [-0.25, -0.2) is 0 Å². The quantitative estimate of drug-likeness (QED) is 0.595. The molecule has 5 nitrogen and oxygen atoms in total. The Kier molecular flexibility index (Phi) is 5.45. The highest BCUT2D eigenvalue weighted by molar-refractivity contribution is 8.25. The molecule has 1 aliphatic heterocycles. The third kappa shape index (κ3) is 4.05. The number of aromatic hydroxyl groups is 1. The molecule has 1 heterocycles. The number of benzene rings is 2. The first-order chi connectivity index (χ1) is 12.1. The van der Waals surface area contributed by atoms with Gasteiger partial charge in [-0.2, -0.15) is 0 Å². The zero-order valence-corrected chi connectivity index (χ0v) is 15.3. The molecule has 130 valence electrons. The van der Waals surface area contributed by atoms with Crippen molar-refractivity contribution in [2.24, 2.45) is 0 Å². The van der Waals surface area contributed by atoms with Crippen molar-refractivity contribution in [3.8, 4) is 11.5 Å². The molecular formula is C18H18N2O3S2. The zero-order chi connectivity index (χ0) is 17.8. The molecule has 0 radical (unpaired) electrons. The molecule has 2 aromatic rings. The molecule has 1 amide bonds. The fraction of sp³-hybridized carbons (Fsp3) is 0.222. The second-order valence-corrected chi connectivity index (χ2v) is 7.24. The summed E-state index contributed by atoms with van der Waals surface area (Å²) in [6, 6.07) is 14.1. The van der Waals surface area contributed by atoms with Crippen molar-refractivity contribution < 1.29 is 14.6 Å². The predicted octanol–water partition coefficient (Wildman–Crippen LogP) is 3.64. The summed E-state index contributed by atoms with van der Waals surface area (Å²) >= 11 is 6.76. The van der Waals surface area contributed by atoms with Crippen LogP contribution in [0.5, 0.6) is 11.5 Å². The fourth-order valence-corrected chi connectivity index (χ4v) is 3.93. The maximum atomic E-state index is 12.7. The second-order valence-electron chi connectivity index (χ2n) is 5.40. The standard InChI is InChI=1S/C18H18N2O3S2/c1-2-23-15-9-5-13(6-10-15)20-17(22)16(25-18(20)24)11-19-12-3-7-14(21)8-4-12/h3-10,16,19,21H,2,11H2,1H3. The number of anilines is 2. The van der Waals surface area contributed by atoms with Crippen LogP contribution in [0.2, 0.25) is 0 Å². The first-order valence-corrected chi connectivity index (χ1v) is 9.17. The molecule has 0 spiro atoms. The normalized spacial score (nSPS) is 17.0. The van der Waals surface area contributed by atoms with Crippen LogP contribution in [0.1, 0.15) is 6.92 Å². The molecule has 3 rings (SSSR count). The molecule has 0 saturated carbocycles. The number of hydrogen-bond acceptors (Lipinski definition) is 6. The minimum Gasteiger partial charge on any atom is -0.508 e. The number of phenols is 1. The monoisotopic (exact) mass is 374 g/mol. The number of rotatable bonds is 6. The Morgan fingerprint density at radius 3 is 2.52 bits per heavy atom. The lowest BCUT2D eigenvalue weighted by Gasteiger charge is -2.16. The number of amides is 1. The van der Waals surface area contributed by atoms with Gasteiger partial charge in [0.2, 0.25) is 5.91 Å². The molecule has 1 aliphatic rings. The number of thiocarbonyl (C=S) groups is 1. The van der Waals surface area contributed by atoms with Crippen molar-refractivity contribution in [2.45, 2.75) is 12.2 Å². The lowest BCUT2D eigenvalue weighted by atomic mass is 10.2. The number of nitrogens with zero attached hydrogens (tertiary/aromatic N) is 1. The van der Waals surface area contributed by atoms with Crippen molar-refractivity contribution in [1.82, 2.24) is 0 Å². The minimum absolute atomic E-state index is 0.0366. The van der Waals surface area contributed by atoms with Crippen LogP contribution in [0.15, 0.2) is 48.5 Å². The summed E-state index contributed by atoms with van der Waals surface area (Å²) in [4.78, 5) is 14.3. The van der Waals surface area contributed by atoms with E-state index in [-0.39, 0.29) is 16.9 Å². The molecule has 0 bridgehead atoms. The molecule has 2 N–H and O–H groups in total. The van der Waals surface area contributed by atoms with Crippen molar-refractivity contribution in [3.63, 3.8) is 0 Å². The van der Waals surface area contributed by atoms with E-state index in [1.807, 2.05) is 31.2 Å². The molecule has 1 atom stereocenters. The lowest BCUT2D eigenvalue weighted by Crippen LogP contribution is -2.33. The van der Waals surface area contributed by atoms with Crippen LogP contribution >= 0.6 is 24.0 Å². The van der Waals surface area contributed by atoms with Crippen LogP contribution in [0.3, 0.4) is 0 Å². The summed E-state index contributed by atoms with van der Waals surface area (Å²) < 4.78 is 5.97. The molecule has 1 unspecified atom stereocenters. The van der Waals surface area contributed by atoms with Crippen LogP contribution < -0.4 is 15.0 Å². The van der Waals surface area contributed by atoms with E-state index in [0.29, 0.717) is 17.5 Å². The molecule has 1 fully saturated rings. The number of carbonyl (C=O) groups is 1. The minimum atomic E-state index is -0.284. The Hall–Kier alpha value is -2.25. The van der Waals surface area contributed by atoms with Gasteiger partial charge in [0.15, 0.2) is 0 Å². The van der Waals surface area contributed by atoms with Crippen LogP contribution in [0.4, 0.5) is 11.4 Å². The number of hydrogen-bond donors (Lipinski definition) is 2. The van der Waals surface area contributed by atoms with E-state index in [2.05, 4.69) is 5.32 Å². The van der Waals surface area contributed by atoms with Gasteiger partial charge in [-0.15, -0.1) is 0 Å². The topological polar surface area (TPSA) is 61.8 Å². The summed E-state index contributed by atoms with van der Waals surface area (Å²) in [7, 11) is 0. The maximum absolute atomic E-state index is 12.7. The van der Waals surface area contributed by atoms with Gasteiger partial charge >= 0.3 is 0 Å². The van der Waals surface area contributed by atoms with Gasteiger partial charge in [-0.05, 0) is 55.5 Å². The van der Waals surface area contributed by atoms with E-state index < -0.39 is 0 Å². The molecule has 0 aromatic heterocycles. The molecular weight excluding hydrogens is 356 g/mol. The number of phenolic OH excluding ortho intramolecular Hbond substituents is 1. The van der Waals surface area contributed by atoms with Crippen molar-refractivity contribution in [3.05, 3.63) is 48.5 Å². The summed E-state index contributed by atoms with van der Waals surface area (Å²) in [6.45, 7) is 2.98. The van der Waals surface area contributed by atoms with Crippen LogP contribution in [-0.2, 0) is 4.79 Å². The van der Waals surface area contributed by atoms with E-state index in [1.54, 1.807) is 29.2 Å². The number of carbonyl (C=O) groups excluding carboxylic acids is 1. The van der Waals surface area contributed by atoms with Crippen LogP contribution in [0.25, 0.3) is 0 Å². The van der Waals surface area contributed by atoms with Crippen molar-refractivity contribution >= 4 is 45.6 Å². The highest BCUT2D eigenvalue weighted by atomic mass is 32.2. The van der Waals surface area contributed by atoms with E-state index in [4.69, 9.17) is 17.0 Å². The van der Waals surface area contributed by atoms with Gasteiger partial charge < -0.3 is 15.2 Å². The summed E-state index contributed by atoms with van der Waals surface area (Å²) in [5.74, 6) is 0.937. The Balaban J connectivity index is 1.66. The molecule has 2 aromatic carbocycles. The average molecular weight is 374 g/mol. The number of thioether (sulfide) groups is 1. The Morgan fingerprint density at radius 1 is 1.20 bits per heavy atom. The van der Waals surface area contributed by atoms with Gasteiger partial charge in [0, 0.05) is 12.2 Å². The van der Waals surface area contributed by atoms with Gasteiger partial charge in [-0.3, -0.25) is 9.69 Å². The Labute approximate surface area is 156 Å². The third-order valence-electron chi connectivity index (χ3n) is 3.69. The maximum Gasteiger partial charge on any atom is 0.247 e. The number of nitrogens with one attached hydrogen (secondary N) is 1. The zero-order valence-electron chi connectivity index (χ0n) is 13.6. The van der Waals surface area contributed by atoms with Gasteiger partial charge in [0.05, 0.1) is 12.3 Å². The molecule has 7 heteroatoms. The summed E-state index contributed by atoms with van der Waals surface area (Å²) in [5.41, 5.74) is 1.59. The lowest BCUT2D eigenvalue weighted by molar-refractivity contribution is -0.116. The fourth-order valence-electron chi connectivity index (χ4n) is 2.47. The molecule has 25 heavy (non-hydrogen) atoms. The highest BCUT2D eigenvalue weighted by Gasteiger charge is 2.37. The smallest absolute Gasteiger partial charge is 0.247 e. The van der Waals surface area contributed by atoms with Gasteiger partial charge in [0.25, 0.3) is 0 Å². The SMILES string of the molecule is CCOc1ccc(N2C(=O)C(CNc3ccc(O)cc3)SC2=S)cc1.